The average Bonchev–Trinajstić information content (AvgIpc) is 2.44. The summed E-state index contributed by atoms with van der Waals surface area (Å²) < 4.78 is 0. The molecule has 1 amide bonds. The van der Waals surface area contributed by atoms with Crippen molar-refractivity contribution in [1.29, 1.82) is 5.26 Å². The van der Waals surface area contributed by atoms with E-state index in [0.717, 1.165) is 25.7 Å². The highest BCUT2D eigenvalue weighted by atomic mass is 79.9. The van der Waals surface area contributed by atoms with Crippen molar-refractivity contribution in [3.8, 4) is 6.07 Å². The third kappa shape index (κ3) is 2.98. The molecule has 4 heteroatoms. The van der Waals surface area contributed by atoms with Crippen LogP contribution in [0.5, 0.6) is 0 Å². The van der Waals surface area contributed by atoms with Crippen LogP contribution in [0.4, 0.5) is 0 Å². The van der Waals surface area contributed by atoms with E-state index >= 15 is 0 Å². The zero-order chi connectivity index (χ0) is 10.4. The smallest absolute Gasteiger partial charge is 0.231 e. The van der Waals surface area contributed by atoms with E-state index in [2.05, 4.69) is 27.3 Å². The van der Waals surface area contributed by atoms with Crippen molar-refractivity contribution in [2.45, 2.75) is 44.1 Å². The highest BCUT2D eigenvalue weighted by molar-refractivity contribution is 9.09. The van der Waals surface area contributed by atoms with Gasteiger partial charge in [0, 0.05) is 0 Å². The molecule has 0 atom stereocenters. The van der Waals surface area contributed by atoms with E-state index in [4.69, 9.17) is 5.26 Å². The van der Waals surface area contributed by atoms with Crippen LogP contribution in [0.15, 0.2) is 0 Å². The third-order valence-electron chi connectivity index (χ3n) is 2.67. The molecule has 0 saturated heterocycles. The first-order valence-electron chi connectivity index (χ1n) is 5.01. The topological polar surface area (TPSA) is 52.9 Å². The minimum absolute atomic E-state index is 0.0894. The molecule has 78 valence electrons. The lowest BCUT2D eigenvalue weighted by Gasteiger charge is -2.25. The molecule has 3 nitrogen and oxygen atoms in total. The number of carbonyl (C=O) groups excluding carboxylic acids is 1. The summed E-state index contributed by atoms with van der Waals surface area (Å²) in [6.07, 6.45) is 6.01. The molecule has 0 aliphatic heterocycles. The van der Waals surface area contributed by atoms with Gasteiger partial charge in [0.2, 0.25) is 5.91 Å². The van der Waals surface area contributed by atoms with Gasteiger partial charge in [-0.3, -0.25) is 4.79 Å². The SMILES string of the molecule is N#CC1(NC(=O)CBr)CCCCCC1. The van der Waals surface area contributed by atoms with Gasteiger partial charge in [-0.15, -0.1) is 0 Å². The number of nitriles is 1. The molecular weight excluding hydrogens is 244 g/mol. The maximum Gasteiger partial charge on any atom is 0.231 e. The van der Waals surface area contributed by atoms with Crippen LogP contribution in [0.3, 0.4) is 0 Å². The van der Waals surface area contributed by atoms with Crippen molar-refractivity contribution >= 4 is 21.8 Å². The van der Waals surface area contributed by atoms with Gasteiger partial charge in [0.05, 0.1) is 11.4 Å². The normalized spacial score (nSPS) is 20.6. The van der Waals surface area contributed by atoms with Gasteiger partial charge in [-0.05, 0) is 12.8 Å². The van der Waals surface area contributed by atoms with Gasteiger partial charge in [0.15, 0.2) is 0 Å². The number of carbonyl (C=O) groups is 1. The highest BCUT2D eigenvalue weighted by Crippen LogP contribution is 2.26. The van der Waals surface area contributed by atoms with Gasteiger partial charge in [-0.25, -0.2) is 0 Å². The maximum atomic E-state index is 11.2. The molecular formula is C10H15BrN2O. The van der Waals surface area contributed by atoms with Crippen molar-refractivity contribution in [3.63, 3.8) is 0 Å². The Kier molecular flexibility index (Phi) is 4.40. The van der Waals surface area contributed by atoms with Gasteiger partial charge < -0.3 is 5.32 Å². The van der Waals surface area contributed by atoms with Gasteiger partial charge in [-0.1, -0.05) is 41.6 Å². The lowest BCUT2D eigenvalue weighted by atomic mass is 9.92. The summed E-state index contributed by atoms with van der Waals surface area (Å²) in [5.74, 6) is -0.0894. The Morgan fingerprint density at radius 3 is 2.36 bits per heavy atom. The largest absolute Gasteiger partial charge is 0.337 e. The molecule has 1 saturated carbocycles. The summed E-state index contributed by atoms with van der Waals surface area (Å²) >= 11 is 3.09. The Morgan fingerprint density at radius 2 is 1.93 bits per heavy atom. The van der Waals surface area contributed by atoms with Gasteiger partial charge >= 0.3 is 0 Å². The van der Waals surface area contributed by atoms with Crippen molar-refractivity contribution in [2.75, 3.05) is 5.33 Å². The van der Waals surface area contributed by atoms with E-state index < -0.39 is 5.54 Å². The molecule has 0 bridgehead atoms. The molecule has 1 rings (SSSR count). The summed E-state index contributed by atoms with van der Waals surface area (Å²) in [4.78, 5) is 11.2. The van der Waals surface area contributed by atoms with E-state index in [9.17, 15) is 4.79 Å². The summed E-state index contributed by atoms with van der Waals surface area (Å²) in [5, 5.41) is 12.2. The van der Waals surface area contributed by atoms with E-state index in [0.29, 0.717) is 0 Å². The number of hydrogen-bond donors (Lipinski definition) is 1. The summed E-state index contributed by atoms with van der Waals surface area (Å²) in [6, 6.07) is 2.27. The van der Waals surface area contributed by atoms with Crippen molar-refractivity contribution < 1.29 is 4.79 Å². The predicted octanol–water partition coefficient (Wildman–Crippen LogP) is 2.11. The van der Waals surface area contributed by atoms with Crippen LogP contribution < -0.4 is 5.32 Å². The Bertz CT molecular complexity index is 239. The van der Waals surface area contributed by atoms with Crippen molar-refractivity contribution in [3.05, 3.63) is 0 Å². The van der Waals surface area contributed by atoms with Gasteiger partial charge in [-0.2, -0.15) is 5.26 Å². The van der Waals surface area contributed by atoms with Crippen LogP contribution in [0.1, 0.15) is 38.5 Å². The zero-order valence-corrected chi connectivity index (χ0v) is 9.77. The minimum Gasteiger partial charge on any atom is -0.337 e. The number of amides is 1. The molecule has 0 unspecified atom stereocenters. The summed E-state index contributed by atoms with van der Waals surface area (Å²) in [5.41, 5.74) is -0.596. The van der Waals surface area contributed by atoms with Crippen LogP contribution >= 0.6 is 15.9 Å². The number of hydrogen-bond acceptors (Lipinski definition) is 2. The van der Waals surface area contributed by atoms with Crippen molar-refractivity contribution in [1.82, 2.24) is 5.32 Å². The molecule has 0 spiro atoms. The monoisotopic (exact) mass is 258 g/mol. The number of halogens is 1. The van der Waals surface area contributed by atoms with Crippen LogP contribution in [-0.2, 0) is 4.79 Å². The first-order valence-corrected chi connectivity index (χ1v) is 6.13. The van der Waals surface area contributed by atoms with Crippen LogP contribution in [0.25, 0.3) is 0 Å². The van der Waals surface area contributed by atoms with Crippen LogP contribution in [0.2, 0.25) is 0 Å². The fourth-order valence-corrected chi connectivity index (χ4v) is 2.04. The molecule has 1 aliphatic rings. The van der Waals surface area contributed by atoms with E-state index in [1.54, 1.807) is 0 Å². The zero-order valence-electron chi connectivity index (χ0n) is 8.18. The van der Waals surface area contributed by atoms with E-state index in [-0.39, 0.29) is 11.2 Å². The highest BCUT2D eigenvalue weighted by Gasteiger charge is 2.31. The Hall–Kier alpha value is -0.560. The molecule has 0 aromatic carbocycles. The molecule has 1 N–H and O–H groups in total. The Balaban J connectivity index is 2.64. The van der Waals surface area contributed by atoms with E-state index in [1.165, 1.54) is 12.8 Å². The quantitative estimate of drug-likeness (QED) is 0.610. The minimum atomic E-state index is -0.596. The lowest BCUT2D eigenvalue weighted by molar-refractivity contribution is -0.119. The summed E-state index contributed by atoms with van der Waals surface area (Å²) in [7, 11) is 0. The standard InChI is InChI=1S/C10H15BrN2O/c11-7-9(14)13-10(8-12)5-3-1-2-4-6-10/h1-7H2,(H,13,14). The summed E-state index contributed by atoms with van der Waals surface area (Å²) in [6.45, 7) is 0. The molecule has 0 aromatic rings. The molecule has 0 heterocycles. The second-order valence-electron chi connectivity index (χ2n) is 3.79. The van der Waals surface area contributed by atoms with Gasteiger partial charge in [0.1, 0.15) is 5.54 Å². The maximum absolute atomic E-state index is 11.2. The predicted molar refractivity (Wildman–Crippen MR) is 58.0 cm³/mol. The number of nitrogens with zero attached hydrogens (tertiary/aromatic N) is 1. The number of nitrogens with one attached hydrogen (secondary N) is 1. The second-order valence-corrected chi connectivity index (χ2v) is 4.35. The lowest BCUT2D eigenvalue weighted by Crippen LogP contribution is -2.47. The van der Waals surface area contributed by atoms with Crippen molar-refractivity contribution in [2.24, 2.45) is 0 Å². The fraction of sp³-hybridized carbons (Fsp3) is 0.800. The second kappa shape index (κ2) is 5.35. The molecule has 0 radical (unpaired) electrons. The molecule has 1 fully saturated rings. The number of rotatable bonds is 2. The fourth-order valence-electron chi connectivity index (χ4n) is 1.90. The Morgan fingerprint density at radius 1 is 1.36 bits per heavy atom. The molecule has 0 aromatic heterocycles. The first-order chi connectivity index (χ1) is 6.72. The molecule has 14 heavy (non-hydrogen) atoms. The van der Waals surface area contributed by atoms with Crippen LogP contribution in [-0.4, -0.2) is 16.8 Å². The Labute approximate surface area is 93.0 Å². The van der Waals surface area contributed by atoms with Crippen LogP contribution in [0, 0.1) is 11.3 Å². The van der Waals surface area contributed by atoms with E-state index in [1.807, 2.05) is 0 Å². The third-order valence-corrected chi connectivity index (χ3v) is 3.18. The first kappa shape index (κ1) is 11.5. The molecule has 1 aliphatic carbocycles. The number of alkyl halides is 1. The average molecular weight is 259 g/mol. The van der Waals surface area contributed by atoms with Gasteiger partial charge in [0.25, 0.3) is 0 Å².